The highest BCUT2D eigenvalue weighted by Gasteiger charge is 2.16. The van der Waals surface area contributed by atoms with Gasteiger partial charge in [-0.3, -0.25) is 4.90 Å². The van der Waals surface area contributed by atoms with Gasteiger partial charge in [0.25, 0.3) is 0 Å². The number of nitrogens with zero attached hydrogens (tertiary/aromatic N) is 3. The van der Waals surface area contributed by atoms with Crippen LogP contribution in [0.1, 0.15) is 0 Å². The molecular formula is C10H14IN3. The number of aromatic nitrogens is 1. The minimum atomic E-state index is 1.10. The van der Waals surface area contributed by atoms with Gasteiger partial charge in [0.05, 0.1) is 4.55 Å². The second kappa shape index (κ2) is 4.93. The summed E-state index contributed by atoms with van der Waals surface area (Å²) in [4.78, 5) is 9.17. The van der Waals surface area contributed by atoms with Gasteiger partial charge in [0.1, 0.15) is 5.82 Å². The lowest BCUT2D eigenvalue weighted by Gasteiger charge is -2.34. The first-order valence-corrected chi connectivity index (χ1v) is 6.37. The summed E-state index contributed by atoms with van der Waals surface area (Å²) in [5.74, 6) is 1.11. The van der Waals surface area contributed by atoms with Crippen molar-refractivity contribution in [1.29, 1.82) is 0 Å². The van der Waals surface area contributed by atoms with E-state index in [0.29, 0.717) is 0 Å². The van der Waals surface area contributed by atoms with E-state index in [1.807, 2.05) is 18.3 Å². The van der Waals surface area contributed by atoms with Crippen molar-refractivity contribution in [3.63, 3.8) is 0 Å². The van der Waals surface area contributed by atoms with Gasteiger partial charge < -0.3 is 4.90 Å². The summed E-state index contributed by atoms with van der Waals surface area (Å²) >= 11 is 2.42. The average molecular weight is 303 g/mol. The zero-order valence-corrected chi connectivity index (χ0v) is 10.2. The Kier molecular flexibility index (Phi) is 3.58. The summed E-state index contributed by atoms with van der Waals surface area (Å²) in [7, 11) is 0. The van der Waals surface area contributed by atoms with Gasteiger partial charge in [0, 0.05) is 32.4 Å². The first-order chi connectivity index (χ1) is 6.90. The Balaban J connectivity index is 1.96. The fourth-order valence-electron chi connectivity index (χ4n) is 1.64. The molecular weight excluding hydrogens is 289 g/mol. The molecule has 14 heavy (non-hydrogen) atoms. The molecule has 1 fully saturated rings. The summed E-state index contributed by atoms with van der Waals surface area (Å²) < 4.78 is 1.13. The first-order valence-electron chi connectivity index (χ1n) is 4.84. The van der Waals surface area contributed by atoms with E-state index in [1.54, 1.807) is 0 Å². The molecule has 0 aliphatic carbocycles. The van der Waals surface area contributed by atoms with Crippen molar-refractivity contribution >= 4 is 28.4 Å². The number of pyridine rings is 1. The predicted octanol–water partition coefficient (Wildman–Crippen LogP) is 1.60. The largest absolute Gasteiger partial charge is 0.354 e. The van der Waals surface area contributed by atoms with Crippen LogP contribution in [-0.4, -0.2) is 40.6 Å². The lowest BCUT2D eigenvalue weighted by molar-refractivity contribution is 0.306. The molecule has 1 aromatic rings. The van der Waals surface area contributed by atoms with Crippen LogP contribution in [0.2, 0.25) is 0 Å². The van der Waals surface area contributed by atoms with E-state index in [9.17, 15) is 0 Å². The second-order valence-electron chi connectivity index (χ2n) is 3.41. The molecule has 0 saturated carbocycles. The van der Waals surface area contributed by atoms with Crippen LogP contribution in [-0.2, 0) is 0 Å². The summed E-state index contributed by atoms with van der Waals surface area (Å²) in [6, 6.07) is 6.09. The van der Waals surface area contributed by atoms with E-state index in [-0.39, 0.29) is 0 Å². The molecule has 0 amide bonds. The summed E-state index contributed by atoms with van der Waals surface area (Å²) in [5.41, 5.74) is 0. The minimum Gasteiger partial charge on any atom is -0.354 e. The lowest BCUT2D eigenvalue weighted by Crippen LogP contribution is -2.46. The van der Waals surface area contributed by atoms with Crippen molar-refractivity contribution in [2.75, 3.05) is 35.6 Å². The molecule has 0 spiro atoms. The molecule has 1 saturated heterocycles. The number of hydrogen-bond donors (Lipinski definition) is 0. The van der Waals surface area contributed by atoms with Gasteiger partial charge >= 0.3 is 0 Å². The Labute approximate surface area is 98.3 Å². The van der Waals surface area contributed by atoms with E-state index >= 15 is 0 Å². The van der Waals surface area contributed by atoms with E-state index in [4.69, 9.17) is 0 Å². The topological polar surface area (TPSA) is 19.4 Å². The highest BCUT2D eigenvalue weighted by atomic mass is 127. The minimum absolute atomic E-state index is 1.10. The standard InChI is InChI=1S/C10H14IN3/c11-9-13-5-7-14(8-6-13)10-3-1-2-4-12-10/h1-4H,5-9H2. The molecule has 3 nitrogen and oxygen atoms in total. The van der Waals surface area contributed by atoms with Gasteiger partial charge in [0.2, 0.25) is 0 Å². The highest BCUT2D eigenvalue weighted by molar-refractivity contribution is 14.1. The maximum Gasteiger partial charge on any atom is 0.128 e. The average Bonchev–Trinajstić information content (AvgIpc) is 2.30. The zero-order valence-electron chi connectivity index (χ0n) is 8.06. The molecule has 0 unspecified atom stereocenters. The van der Waals surface area contributed by atoms with Crippen molar-refractivity contribution < 1.29 is 0 Å². The molecule has 0 radical (unpaired) electrons. The second-order valence-corrected chi connectivity index (χ2v) is 4.09. The molecule has 1 aliphatic heterocycles. The van der Waals surface area contributed by atoms with E-state index < -0.39 is 0 Å². The third-order valence-electron chi connectivity index (χ3n) is 2.51. The molecule has 0 atom stereocenters. The quantitative estimate of drug-likeness (QED) is 0.470. The maximum absolute atomic E-state index is 4.36. The van der Waals surface area contributed by atoms with Gasteiger partial charge in [-0.15, -0.1) is 0 Å². The van der Waals surface area contributed by atoms with Crippen LogP contribution in [0.3, 0.4) is 0 Å². The van der Waals surface area contributed by atoms with Crippen molar-refractivity contribution in [3.05, 3.63) is 24.4 Å². The molecule has 0 N–H and O–H groups in total. The molecule has 2 heterocycles. The molecule has 0 aromatic carbocycles. The van der Waals surface area contributed by atoms with Gasteiger partial charge in [-0.25, -0.2) is 4.98 Å². The third-order valence-corrected chi connectivity index (χ3v) is 3.48. The first kappa shape index (κ1) is 10.2. The van der Waals surface area contributed by atoms with Gasteiger partial charge in [-0.05, 0) is 12.1 Å². The van der Waals surface area contributed by atoms with Gasteiger partial charge in [-0.2, -0.15) is 0 Å². The molecule has 4 heteroatoms. The summed E-state index contributed by atoms with van der Waals surface area (Å²) in [5, 5.41) is 0. The summed E-state index contributed by atoms with van der Waals surface area (Å²) in [6.07, 6.45) is 1.86. The van der Waals surface area contributed by atoms with E-state index in [1.165, 1.54) is 0 Å². The number of anilines is 1. The van der Waals surface area contributed by atoms with Crippen molar-refractivity contribution in [1.82, 2.24) is 9.88 Å². The van der Waals surface area contributed by atoms with Gasteiger partial charge in [0.15, 0.2) is 0 Å². The van der Waals surface area contributed by atoms with Crippen LogP contribution in [0.5, 0.6) is 0 Å². The molecule has 1 aromatic heterocycles. The molecule has 76 valence electrons. The Hall–Kier alpha value is -0.360. The smallest absolute Gasteiger partial charge is 0.128 e. The molecule has 0 bridgehead atoms. The fourth-order valence-corrected chi connectivity index (χ4v) is 2.32. The Morgan fingerprint density at radius 2 is 2.00 bits per heavy atom. The number of halogens is 1. The van der Waals surface area contributed by atoms with E-state index in [0.717, 1.165) is 36.5 Å². The van der Waals surface area contributed by atoms with Crippen molar-refractivity contribution in [3.8, 4) is 0 Å². The summed E-state index contributed by atoms with van der Waals surface area (Å²) in [6.45, 7) is 4.50. The lowest BCUT2D eigenvalue weighted by atomic mass is 10.3. The molecule has 2 rings (SSSR count). The number of piperazine rings is 1. The fraction of sp³-hybridized carbons (Fsp3) is 0.500. The maximum atomic E-state index is 4.36. The number of hydrogen-bond acceptors (Lipinski definition) is 3. The van der Waals surface area contributed by atoms with Crippen LogP contribution in [0, 0.1) is 0 Å². The Morgan fingerprint density at radius 3 is 2.57 bits per heavy atom. The predicted molar refractivity (Wildman–Crippen MR) is 66.9 cm³/mol. The molecule has 1 aliphatic rings. The highest BCUT2D eigenvalue weighted by Crippen LogP contribution is 2.12. The number of rotatable bonds is 2. The van der Waals surface area contributed by atoms with Crippen LogP contribution in [0.15, 0.2) is 24.4 Å². The van der Waals surface area contributed by atoms with Gasteiger partial charge in [-0.1, -0.05) is 28.7 Å². The monoisotopic (exact) mass is 303 g/mol. The third kappa shape index (κ3) is 2.36. The SMILES string of the molecule is ICN1CCN(c2ccccn2)CC1. The van der Waals surface area contributed by atoms with Crippen LogP contribution in [0.25, 0.3) is 0 Å². The number of alkyl halides is 1. The van der Waals surface area contributed by atoms with Crippen LogP contribution in [0.4, 0.5) is 5.82 Å². The Bertz CT molecular complexity index is 270. The normalized spacial score (nSPS) is 18.5. The van der Waals surface area contributed by atoms with Crippen LogP contribution < -0.4 is 4.90 Å². The van der Waals surface area contributed by atoms with E-state index in [2.05, 4.69) is 43.4 Å². The van der Waals surface area contributed by atoms with Crippen LogP contribution >= 0.6 is 22.6 Å². The Morgan fingerprint density at radius 1 is 1.21 bits per heavy atom. The van der Waals surface area contributed by atoms with Crippen molar-refractivity contribution in [2.24, 2.45) is 0 Å². The van der Waals surface area contributed by atoms with Crippen molar-refractivity contribution in [2.45, 2.75) is 0 Å². The zero-order chi connectivity index (χ0) is 9.80.